The van der Waals surface area contributed by atoms with E-state index in [4.69, 9.17) is 4.74 Å². The maximum absolute atomic E-state index is 12.3. The molecule has 1 aliphatic rings. The van der Waals surface area contributed by atoms with Crippen molar-refractivity contribution < 1.29 is 9.53 Å². The van der Waals surface area contributed by atoms with Crippen LogP contribution in [0.4, 0.5) is 0 Å². The van der Waals surface area contributed by atoms with E-state index in [9.17, 15) is 4.79 Å². The van der Waals surface area contributed by atoms with E-state index in [1.807, 2.05) is 48.5 Å². The number of allylic oxidation sites excluding steroid dienone is 1. The molecule has 0 aliphatic carbocycles. The van der Waals surface area contributed by atoms with Crippen LogP contribution in [0, 0.1) is 0 Å². The van der Waals surface area contributed by atoms with Crippen LogP contribution in [0.5, 0.6) is 5.75 Å². The molecule has 0 fully saturated rings. The molecule has 100 valence electrons. The van der Waals surface area contributed by atoms with Gasteiger partial charge in [0.05, 0.1) is 16.5 Å². The number of halogens is 1. The fourth-order valence-corrected chi connectivity index (χ4v) is 3.67. The highest BCUT2D eigenvalue weighted by atomic mass is 79.9. The number of carbonyl (C=O) groups excluding carboxylic acids is 1. The first-order chi connectivity index (χ1) is 9.69. The molecule has 0 unspecified atom stereocenters. The van der Waals surface area contributed by atoms with Crippen LogP contribution in [0.2, 0.25) is 0 Å². The predicted octanol–water partition coefficient (Wildman–Crippen LogP) is 4.79. The molecule has 2 aromatic carbocycles. The van der Waals surface area contributed by atoms with Crippen molar-refractivity contribution in [3.63, 3.8) is 0 Å². The number of hydrogen-bond donors (Lipinski definition) is 0. The minimum absolute atomic E-state index is 0.0949. The number of carbonyl (C=O) groups is 1. The van der Waals surface area contributed by atoms with Crippen LogP contribution in [0.15, 0.2) is 56.7 Å². The number of rotatable bonds is 2. The molecule has 0 saturated carbocycles. The van der Waals surface area contributed by atoms with E-state index in [1.165, 1.54) is 11.8 Å². The summed E-state index contributed by atoms with van der Waals surface area (Å²) < 4.78 is 6.08. The molecule has 1 heterocycles. The molecule has 3 rings (SSSR count). The van der Waals surface area contributed by atoms with Gasteiger partial charge in [-0.3, -0.25) is 4.79 Å². The Hall–Kier alpha value is -1.52. The highest BCUT2D eigenvalue weighted by molar-refractivity contribution is 9.10. The zero-order valence-corrected chi connectivity index (χ0v) is 13.1. The number of ketones is 1. The van der Waals surface area contributed by atoms with E-state index in [1.54, 1.807) is 7.11 Å². The molecule has 1 aliphatic heterocycles. The lowest BCUT2D eigenvalue weighted by molar-refractivity contribution is 0.104. The zero-order valence-electron chi connectivity index (χ0n) is 10.7. The predicted molar refractivity (Wildman–Crippen MR) is 85.3 cm³/mol. The van der Waals surface area contributed by atoms with Crippen LogP contribution >= 0.6 is 27.7 Å². The molecular formula is C16H11BrO2S. The van der Waals surface area contributed by atoms with Gasteiger partial charge in [0, 0.05) is 10.5 Å². The summed E-state index contributed by atoms with van der Waals surface area (Å²) in [7, 11) is 1.63. The van der Waals surface area contributed by atoms with Gasteiger partial charge in [0.15, 0.2) is 0 Å². The molecule has 4 heteroatoms. The first kappa shape index (κ1) is 13.5. The Morgan fingerprint density at radius 1 is 1.20 bits per heavy atom. The zero-order chi connectivity index (χ0) is 14.1. The summed E-state index contributed by atoms with van der Waals surface area (Å²) in [6.45, 7) is 0. The smallest absolute Gasteiger partial charge is 0.200 e. The standard InChI is InChI=1S/C16H11BrO2S/c1-19-13-7-6-10(8-12(13)17)9-15-16(18)11-4-2-3-5-14(11)20-15/h2-9H,1H3/b15-9+. The second-order valence-corrected chi connectivity index (χ2v) is 6.27. The number of Topliss-reactive ketones (excluding diaryl/α,β-unsaturated/α-hetero) is 1. The maximum atomic E-state index is 12.3. The van der Waals surface area contributed by atoms with Crippen molar-refractivity contribution in [3.05, 3.63) is 63.0 Å². The average Bonchev–Trinajstić information content (AvgIpc) is 2.76. The van der Waals surface area contributed by atoms with Crippen LogP contribution in [0.25, 0.3) is 6.08 Å². The van der Waals surface area contributed by atoms with Crippen molar-refractivity contribution in [2.24, 2.45) is 0 Å². The largest absolute Gasteiger partial charge is 0.496 e. The Bertz CT molecular complexity index is 722. The van der Waals surface area contributed by atoms with Crippen molar-refractivity contribution in [1.82, 2.24) is 0 Å². The van der Waals surface area contributed by atoms with Crippen molar-refractivity contribution in [3.8, 4) is 5.75 Å². The molecule has 20 heavy (non-hydrogen) atoms. The third-order valence-corrected chi connectivity index (χ3v) is 4.77. The maximum Gasteiger partial charge on any atom is 0.200 e. The van der Waals surface area contributed by atoms with Gasteiger partial charge >= 0.3 is 0 Å². The summed E-state index contributed by atoms with van der Waals surface area (Å²) in [6, 6.07) is 13.5. The number of fused-ring (bicyclic) bond motifs is 1. The number of hydrogen-bond acceptors (Lipinski definition) is 3. The number of benzene rings is 2. The SMILES string of the molecule is COc1ccc(/C=C2/Sc3ccccc3C2=O)cc1Br. The third kappa shape index (κ3) is 2.41. The second-order valence-electron chi connectivity index (χ2n) is 4.33. The summed E-state index contributed by atoms with van der Waals surface area (Å²) in [4.78, 5) is 14.1. The van der Waals surface area contributed by atoms with Gasteiger partial charge < -0.3 is 4.74 Å². The van der Waals surface area contributed by atoms with E-state index in [2.05, 4.69) is 15.9 Å². The molecule has 0 aromatic heterocycles. The van der Waals surface area contributed by atoms with Gasteiger partial charge in [-0.05, 0) is 51.8 Å². The highest BCUT2D eigenvalue weighted by Gasteiger charge is 2.25. The fraction of sp³-hybridized carbons (Fsp3) is 0.0625. The number of ether oxygens (including phenoxy) is 1. The summed E-state index contributed by atoms with van der Waals surface area (Å²) in [5.74, 6) is 0.873. The van der Waals surface area contributed by atoms with Crippen molar-refractivity contribution in [2.45, 2.75) is 4.90 Å². The quantitative estimate of drug-likeness (QED) is 0.731. The van der Waals surface area contributed by atoms with Crippen molar-refractivity contribution >= 4 is 39.6 Å². The summed E-state index contributed by atoms with van der Waals surface area (Å²) in [5, 5.41) is 0. The Labute approximate surface area is 130 Å². The molecule has 2 aromatic rings. The van der Waals surface area contributed by atoms with E-state index >= 15 is 0 Å². The van der Waals surface area contributed by atoms with E-state index in [-0.39, 0.29) is 5.78 Å². The summed E-state index contributed by atoms with van der Waals surface area (Å²) in [6.07, 6.45) is 1.91. The third-order valence-electron chi connectivity index (χ3n) is 3.05. The molecule has 0 amide bonds. The van der Waals surface area contributed by atoms with Crippen LogP contribution in [-0.4, -0.2) is 12.9 Å². The topological polar surface area (TPSA) is 26.3 Å². The van der Waals surface area contributed by atoms with Gasteiger partial charge in [0.1, 0.15) is 5.75 Å². The molecule has 0 radical (unpaired) electrons. The average molecular weight is 347 g/mol. The lowest BCUT2D eigenvalue weighted by Gasteiger charge is -2.04. The van der Waals surface area contributed by atoms with Gasteiger partial charge in [-0.15, -0.1) is 0 Å². The minimum Gasteiger partial charge on any atom is -0.496 e. The summed E-state index contributed by atoms with van der Waals surface area (Å²) >= 11 is 4.97. The molecule has 0 bridgehead atoms. The fourth-order valence-electron chi connectivity index (χ4n) is 2.06. The first-order valence-electron chi connectivity index (χ1n) is 6.06. The van der Waals surface area contributed by atoms with Crippen LogP contribution < -0.4 is 4.74 Å². The highest BCUT2D eigenvalue weighted by Crippen LogP contribution is 2.40. The van der Waals surface area contributed by atoms with E-state index in [0.717, 1.165) is 31.1 Å². The lowest BCUT2D eigenvalue weighted by Crippen LogP contribution is -1.93. The monoisotopic (exact) mass is 346 g/mol. The molecule has 2 nitrogen and oxygen atoms in total. The Morgan fingerprint density at radius 2 is 2.00 bits per heavy atom. The van der Waals surface area contributed by atoms with Crippen molar-refractivity contribution in [2.75, 3.05) is 7.11 Å². The summed E-state index contributed by atoms with van der Waals surface area (Å²) in [5.41, 5.74) is 1.76. The molecular weight excluding hydrogens is 336 g/mol. The Morgan fingerprint density at radius 3 is 2.70 bits per heavy atom. The van der Waals surface area contributed by atoms with Gasteiger partial charge in [-0.2, -0.15) is 0 Å². The molecule has 0 saturated heterocycles. The van der Waals surface area contributed by atoms with Crippen molar-refractivity contribution in [1.29, 1.82) is 0 Å². The normalized spacial score (nSPS) is 15.5. The Balaban J connectivity index is 1.95. The van der Waals surface area contributed by atoms with Crippen LogP contribution in [0.3, 0.4) is 0 Å². The first-order valence-corrected chi connectivity index (χ1v) is 7.67. The van der Waals surface area contributed by atoms with E-state index < -0.39 is 0 Å². The van der Waals surface area contributed by atoms with Gasteiger partial charge in [-0.25, -0.2) is 0 Å². The van der Waals surface area contributed by atoms with Crippen LogP contribution in [-0.2, 0) is 0 Å². The van der Waals surface area contributed by atoms with Gasteiger partial charge in [0.25, 0.3) is 0 Å². The van der Waals surface area contributed by atoms with Crippen LogP contribution in [0.1, 0.15) is 15.9 Å². The second kappa shape index (κ2) is 5.46. The number of methoxy groups -OCH3 is 1. The minimum atomic E-state index is 0.0949. The van der Waals surface area contributed by atoms with E-state index in [0.29, 0.717) is 0 Å². The lowest BCUT2D eigenvalue weighted by atomic mass is 10.1. The molecule has 0 N–H and O–H groups in total. The Kier molecular flexibility index (Phi) is 3.68. The van der Waals surface area contributed by atoms with Gasteiger partial charge in [-0.1, -0.05) is 30.0 Å². The molecule has 0 spiro atoms. The number of thioether (sulfide) groups is 1. The molecule has 0 atom stereocenters. The van der Waals surface area contributed by atoms with Gasteiger partial charge in [0.2, 0.25) is 5.78 Å².